The van der Waals surface area contributed by atoms with Gasteiger partial charge < -0.3 is 5.73 Å². The summed E-state index contributed by atoms with van der Waals surface area (Å²) in [4.78, 5) is 0. The van der Waals surface area contributed by atoms with Gasteiger partial charge >= 0.3 is 0 Å². The Kier molecular flexibility index (Phi) is 9.37. The summed E-state index contributed by atoms with van der Waals surface area (Å²) in [6.45, 7) is 2.28. The fraction of sp³-hybridized carbons (Fsp3) is 0.400. The van der Waals surface area contributed by atoms with Crippen LogP contribution in [0, 0.1) is 5.92 Å². The molecular weight excluding hydrogens is 374 g/mol. The Labute approximate surface area is 189 Å². The zero-order valence-electron chi connectivity index (χ0n) is 19.2. The second-order valence-corrected chi connectivity index (χ2v) is 9.15. The van der Waals surface area contributed by atoms with Crippen molar-refractivity contribution in [2.24, 2.45) is 11.7 Å². The number of hydrogen-bond acceptors (Lipinski definition) is 1. The Morgan fingerprint density at radius 3 is 1.55 bits per heavy atom. The van der Waals surface area contributed by atoms with Gasteiger partial charge in [-0.2, -0.15) is 0 Å². The number of rotatable bonds is 13. The maximum absolute atomic E-state index is 7.40. The summed E-state index contributed by atoms with van der Waals surface area (Å²) < 4.78 is 0. The summed E-state index contributed by atoms with van der Waals surface area (Å²) in [6.07, 6.45) is 10.6. The SMILES string of the molecule is CCCCCCCC(Cc1ccccc1)C(N)(Cc1ccccc1)Cc1ccccc1. The minimum atomic E-state index is -0.274. The van der Waals surface area contributed by atoms with Gasteiger partial charge in [-0.1, -0.05) is 130 Å². The standard InChI is InChI=1S/C30H39N/c1-2-3-4-5-15-22-29(23-26-16-9-6-10-17-26)30(31,24-27-18-11-7-12-19-27)25-28-20-13-8-14-21-28/h6-14,16-21,29H,2-5,15,22-25,31H2,1H3. The topological polar surface area (TPSA) is 26.0 Å². The quantitative estimate of drug-likeness (QED) is 0.290. The molecule has 3 rings (SSSR count). The first-order valence-electron chi connectivity index (χ1n) is 12.1. The Hall–Kier alpha value is -2.38. The third-order valence-electron chi connectivity index (χ3n) is 6.55. The fourth-order valence-electron chi connectivity index (χ4n) is 4.79. The second-order valence-electron chi connectivity index (χ2n) is 9.15. The molecule has 0 bridgehead atoms. The molecule has 0 amide bonds. The van der Waals surface area contributed by atoms with Crippen molar-refractivity contribution >= 4 is 0 Å². The van der Waals surface area contributed by atoms with Crippen LogP contribution in [0.2, 0.25) is 0 Å². The molecule has 0 heterocycles. The number of unbranched alkanes of at least 4 members (excludes halogenated alkanes) is 4. The van der Waals surface area contributed by atoms with E-state index in [1.165, 1.54) is 55.2 Å². The van der Waals surface area contributed by atoms with E-state index in [0.29, 0.717) is 5.92 Å². The summed E-state index contributed by atoms with van der Waals surface area (Å²) in [5.41, 5.74) is 11.2. The van der Waals surface area contributed by atoms with Crippen LogP contribution in [0.15, 0.2) is 91.0 Å². The Morgan fingerprint density at radius 2 is 1.06 bits per heavy atom. The lowest BCUT2D eigenvalue weighted by Crippen LogP contribution is -2.52. The average molecular weight is 414 g/mol. The molecular formula is C30H39N. The van der Waals surface area contributed by atoms with E-state index in [0.717, 1.165) is 19.3 Å². The second kappa shape index (κ2) is 12.5. The molecule has 3 aromatic carbocycles. The van der Waals surface area contributed by atoms with Crippen LogP contribution in [0.1, 0.15) is 62.1 Å². The van der Waals surface area contributed by atoms with Crippen LogP contribution in [0.4, 0.5) is 0 Å². The highest BCUT2D eigenvalue weighted by atomic mass is 14.8. The molecule has 1 heteroatoms. The maximum atomic E-state index is 7.40. The molecule has 1 atom stereocenters. The molecule has 0 saturated heterocycles. The molecule has 1 unspecified atom stereocenters. The van der Waals surface area contributed by atoms with Crippen molar-refractivity contribution in [3.63, 3.8) is 0 Å². The van der Waals surface area contributed by atoms with Gasteiger partial charge in [0, 0.05) is 5.54 Å². The summed E-state index contributed by atoms with van der Waals surface area (Å²) in [5, 5.41) is 0. The van der Waals surface area contributed by atoms with E-state index in [-0.39, 0.29) is 5.54 Å². The first kappa shape index (κ1) is 23.3. The third-order valence-corrected chi connectivity index (χ3v) is 6.55. The maximum Gasteiger partial charge on any atom is 0.0267 e. The summed E-state index contributed by atoms with van der Waals surface area (Å²) in [5.74, 6) is 0.442. The van der Waals surface area contributed by atoms with Gasteiger partial charge in [0.15, 0.2) is 0 Å². The molecule has 0 aliphatic carbocycles. The number of hydrogen-bond donors (Lipinski definition) is 1. The first-order valence-corrected chi connectivity index (χ1v) is 12.1. The van der Waals surface area contributed by atoms with Crippen molar-refractivity contribution in [1.82, 2.24) is 0 Å². The predicted octanol–water partition coefficient (Wildman–Crippen LogP) is 7.39. The molecule has 0 fully saturated rings. The van der Waals surface area contributed by atoms with Crippen molar-refractivity contribution in [2.45, 2.75) is 70.3 Å². The van der Waals surface area contributed by atoms with E-state index < -0.39 is 0 Å². The number of benzene rings is 3. The van der Waals surface area contributed by atoms with Crippen molar-refractivity contribution < 1.29 is 0 Å². The van der Waals surface area contributed by atoms with Crippen molar-refractivity contribution in [2.75, 3.05) is 0 Å². The highest BCUT2D eigenvalue weighted by Gasteiger charge is 2.35. The predicted molar refractivity (Wildman–Crippen MR) is 134 cm³/mol. The molecule has 0 spiro atoms. The molecule has 0 aromatic heterocycles. The molecule has 0 aliphatic heterocycles. The Bertz CT molecular complexity index is 800. The molecule has 31 heavy (non-hydrogen) atoms. The first-order chi connectivity index (χ1) is 15.2. The molecule has 3 aromatic rings. The third kappa shape index (κ3) is 7.67. The fourth-order valence-corrected chi connectivity index (χ4v) is 4.79. The van der Waals surface area contributed by atoms with Gasteiger partial charge in [0.1, 0.15) is 0 Å². The lowest BCUT2D eigenvalue weighted by molar-refractivity contribution is 0.241. The summed E-state index contributed by atoms with van der Waals surface area (Å²) in [6, 6.07) is 32.6. The van der Waals surface area contributed by atoms with Crippen LogP contribution in [-0.4, -0.2) is 5.54 Å². The van der Waals surface area contributed by atoms with E-state index >= 15 is 0 Å². The van der Waals surface area contributed by atoms with Gasteiger partial charge in [-0.15, -0.1) is 0 Å². The van der Waals surface area contributed by atoms with E-state index in [9.17, 15) is 0 Å². The highest BCUT2D eigenvalue weighted by Crippen LogP contribution is 2.32. The van der Waals surface area contributed by atoms with Crippen molar-refractivity contribution in [3.05, 3.63) is 108 Å². The Morgan fingerprint density at radius 1 is 0.613 bits per heavy atom. The average Bonchev–Trinajstić information content (AvgIpc) is 2.80. The van der Waals surface area contributed by atoms with Gasteiger partial charge in [0.2, 0.25) is 0 Å². The van der Waals surface area contributed by atoms with E-state index in [4.69, 9.17) is 5.73 Å². The zero-order valence-corrected chi connectivity index (χ0v) is 19.2. The molecule has 0 aliphatic rings. The molecule has 0 saturated carbocycles. The lowest BCUT2D eigenvalue weighted by atomic mass is 9.71. The van der Waals surface area contributed by atoms with Crippen LogP contribution in [-0.2, 0) is 19.3 Å². The summed E-state index contributed by atoms with van der Waals surface area (Å²) in [7, 11) is 0. The summed E-state index contributed by atoms with van der Waals surface area (Å²) >= 11 is 0. The van der Waals surface area contributed by atoms with E-state index in [2.05, 4.69) is 97.9 Å². The van der Waals surface area contributed by atoms with E-state index in [1.807, 2.05) is 0 Å². The van der Waals surface area contributed by atoms with Crippen molar-refractivity contribution in [3.8, 4) is 0 Å². The molecule has 2 N–H and O–H groups in total. The molecule has 164 valence electrons. The largest absolute Gasteiger partial charge is 0.324 e. The monoisotopic (exact) mass is 413 g/mol. The van der Waals surface area contributed by atoms with E-state index in [1.54, 1.807) is 0 Å². The van der Waals surface area contributed by atoms with Gasteiger partial charge in [-0.3, -0.25) is 0 Å². The lowest BCUT2D eigenvalue weighted by Gasteiger charge is -2.39. The van der Waals surface area contributed by atoms with Crippen LogP contribution in [0.25, 0.3) is 0 Å². The van der Waals surface area contributed by atoms with Gasteiger partial charge in [0.25, 0.3) is 0 Å². The smallest absolute Gasteiger partial charge is 0.0267 e. The van der Waals surface area contributed by atoms with Gasteiger partial charge in [0.05, 0.1) is 0 Å². The van der Waals surface area contributed by atoms with Crippen LogP contribution in [0.3, 0.4) is 0 Å². The molecule has 0 radical (unpaired) electrons. The minimum absolute atomic E-state index is 0.274. The molecule has 1 nitrogen and oxygen atoms in total. The van der Waals surface area contributed by atoms with Gasteiger partial charge in [-0.05, 0) is 48.3 Å². The highest BCUT2D eigenvalue weighted by molar-refractivity contribution is 5.25. The van der Waals surface area contributed by atoms with Crippen LogP contribution < -0.4 is 5.73 Å². The Balaban J connectivity index is 1.85. The van der Waals surface area contributed by atoms with Crippen LogP contribution >= 0.6 is 0 Å². The van der Waals surface area contributed by atoms with Crippen LogP contribution in [0.5, 0.6) is 0 Å². The zero-order chi connectivity index (χ0) is 21.8. The van der Waals surface area contributed by atoms with Crippen molar-refractivity contribution in [1.29, 1.82) is 0 Å². The number of nitrogens with two attached hydrogens (primary N) is 1. The normalized spacial score (nSPS) is 12.6. The minimum Gasteiger partial charge on any atom is -0.324 e. The van der Waals surface area contributed by atoms with Gasteiger partial charge in [-0.25, -0.2) is 0 Å².